The van der Waals surface area contributed by atoms with E-state index in [4.69, 9.17) is 0 Å². The molecule has 0 radical (unpaired) electrons. The Hall–Kier alpha value is -4.13. The van der Waals surface area contributed by atoms with Crippen molar-refractivity contribution in [2.24, 2.45) is 5.92 Å². The molecule has 0 unspecified atom stereocenters. The van der Waals surface area contributed by atoms with Crippen molar-refractivity contribution >= 4 is 34.9 Å². The number of para-hydroxylation sites is 1. The van der Waals surface area contributed by atoms with E-state index in [0.717, 1.165) is 0 Å². The number of anilines is 2. The summed E-state index contributed by atoms with van der Waals surface area (Å²) in [6, 6.07) is 13.3. The number of hydrogen-bond donors (Lipinski definition) is 1. The predicted molar refractivity (Wildman–Crippen MR) is 125 cm³/mol. The lowest BCUT2D eigenvalue weighted by molar-refractivity contribution is -0.122. The number of carbonyl (C=O) groups excluding carboxylic acids is 3. The summed E-state index contributed by atoms with van der Waals surface area (Å²) >= 11 is 0. The van der Waals surface area contributed by atoms with E-state index in [1.54, 1.807) is 30.3 Å². The summed E-state index contributed by atoms with van der Waals surface area (Å²) in [4.78, 5) is 47.1. The molecule has 1 amide bonds. The van der Waals surface area contributed by atoms with Crippen LogP contribution in [0.25, 0.3) is 6.08 Å². The van der Waals surface area contributed by atoms with Gasteiger partial charge in [0.05, 0.1) is 18.0 Å². The van der Waals surface area contributed by atoms with Gasteiger partial charge in [0, 0.05) is 34.9 Å². The standard InChI is InChI=1S/C27H20FN3O3/c1-15(32)24-23(25(33)16-10-12-29-13-11-16)27(19-4-2-3-5-20(19)30-26(27)34)22-9-6-17-14-18(28)7-8-21(17)31(22)24/h2-14,22-24H,1H3,(H,30,34)/t22-,23+,24-,27-/m1/s1. The highest BCUT2D eigenvalue weighted by atomic mass is 19.1. The van der Waals surface area contributed by atoms with Crippen LogP contribution in [0.4, 0.5) is 15.8 Å². The Labute approximate surface area is 195 Å². The average molecular weight is 453 g/mol. The molecule has 0 bridgehead atoms. The van der Waals surface area contributed by atoms with Gasteiger partial charge in [0.2, 0.25) is 5.91 Å². The van der Waals surface area contributed by atoms with Gasteiger partial charge in [-0.3, -0.25) is 19.4 Å². The lowest BCUT2D eigenvalue weighted by atomic mass is 9.64. The number of Topliss-reactive ketones (excluding diaryl/α,β-unsaturated/α-hetero) is 2. The van der Waals surface area contributed by atoms with Crippen LogP contribution >= 0.6 is 0 Å². The number of nitrogens with zero attached hydrogens (tertiary/aromatic N) is 2. The zero-order valence-electron chi connectivity index (χ0n) is 18.2. The van der Waals surface area contributed by atoms with Crippen LogP contribution in [0.15, 0.2) is 73.1 Å². The van der Waals surface area contributed by atoms with Gasteiger partial charge in [-0.05, 0) is 48.9 Å². The molecule has 3 aliphatic rings. The van der Waals surface area contributed by atoms with Crippen LogP contribution in [0, 0.1) is 11.7 Å². The third-order valence-electron chi connectivity index (χ3n) is 7.26. The van der Waals surface area contributed by atoms with Crippen molar-refractivity contribution in [3.8, 4) is 0 Å². The molecule has 2 aromatic carbocycles. The summed E-state index contributed by atoms with van der Waals surface area (Å²) in [5.41, 5.74) is 1.57. The molecule has 1 saturated heterocycles. The first-order valence-electron chi connectivity index (χ1n) is 11.1. The maximum atomic E-state index is 14.1. The Morgan fingerprint density at radius 1 is 1.09 bits per heavy atom. The van der Waals surface area contributed by atoms with Crippen molar-refractivity contribution in [3.63, 3.8) is 0 Å². The molecular formula is C27H20FN3O3. The van der Waals surface area contributed by atoms with Gasteiger partial charge in [0.15, 0.2) is 11.6 Å². The number of amides is 1. The summed E-state index contributed by atoms with van der Waals surface area (Å²) in [5, 5.41) is 2.96. The van der Waals surface area contributed by atoms with Crippen LogP contribution in [0.1, 0.15) is 28.4 Å². The fraction of sp³-hybridized carbons (Fsp3) is 0.185. The van der Waals surface area contributed by atoms with Gasteiger partial charge >= 0.3 is 0 Å². The number of halogens is 1. The fourth-order valence-corrected chi connectivity index (χ4v) is 6.00. The van der Waals surface area contributed by atoms with Crippen molar-refractivity contribution in [1.29, 1.82) is 0 Å². The Balaban J connectivity index is 1.67. The van der Waals surface area contributed by atoms with Crippen molar-refractivity contribution in [2.75, 3.05) is 10.2 Å². The van der Waals surface area contributed by atoms with E-state index in [9.17, 15) is 18.8 Å². The molecule has 34 heavy (non-hydrogen) atoms. The Morgan fingerprint density at radius 3 is 2.62 bits per heavy atom. The van der Waals surface area contributed by atoms with Crippen molar-refractivity contribution in [1.82, 2.24) is 4.98 Å². The minimum atomic E-state index is -1.34. The zero-order valence-corrected chi connectivity index (χ0v) is 18.2. The highest BCUT2D eigenvalue weighted by Gasteiger charge is 2.69. The predicted octanol–water partition coefficient (Wildman–Crippen LogP) is 3.78. The molecule has 0 saturated carbocycles. The van der Waals surface area contributed by atoms with Gasteiger partial charge in [0.25, 0.3) is 0 Å². The Morgan fingerprint density at radius 2 is 1.85 bits per heavy atom. The van der Waals surface area contributed by atoms with Crippen LogP contribution in [0.5, 0.6) is 0 Å². The third-order valence-corrected chi connectivity index (χ3v) is 7.26. The summed E-state index contributed by atoms with van der Waals surface area (Å²) in [7, 11) is 0. The number of rotatable bonds is 3. The summed E-state index contributed by atoms with van der Waals surface area (Å²) in [6.07, 6.45) is 6.63. The Kier molecular flexibility index (Phi) is 4.33. The normalized spacial score (nSPS) is 26.1. The lowest BCUT2D eigenvalue weighted by Crippen LogP contribution is -2.51. The van der Waals surface area contributed by atoms with Crippen LogP contribution in [-0.2, 0) is 15.0 Å². The molecular weight excluding hydrogens is 433 g/mol. The topological polar surface area (TPSA) is 79.4 Å². The van der Waals surface area contributed by atoms with E-state index >= 15 is 0 Å². The smallest absolute Gasteiger partial charge is 0.238 e. The minimum Gasteiger partial charge on any atom is -0.352 e. The number of fused-ring (bicyclic) bond motifs is 6. The average Bonchev–Trinajstić information content (AvgIpc) is 3.32. The third kappa shape index (κ3) is 2.55. The SMILES string of the molecule is CC(=O)[C@@H]1[C@@H](C(=O)c2ccncc2)[C@]2(C(=O)Nc3ccccc32)[C@H]2C=Cc3cc(F)ccc3N12. The van der Waals surface area contributed by atoms with Crippen molar-refractivity contribution in [3.05, 3.63) is 95.6 Å². The lowest BCUT2D eigenvalue weighted by Gasteiger charge is -2.37. The second kappa shape index (κ2) is 7.18. The molecule has 4 atom stereocenters. The van der Waals surface area contributed by atoms with Crippen molar-refractivity contribution < 1.29 is 18.8 Å². The molecule has 3 aliphatic heterocycles. The van der Waals surface area contributed by atoms with Crippen LogP contribution < -0.4 is 10.2 Å². The molecule has 7 heteroatoms. The van der Waals surface area contributed by atoms with Crippen LogP contribution in [-0.4, -0.2) is 34.5 Å². The monoisotopic (exact) mass is 453 g/mol. The second-order valence-corrected chi connectivity index (χ2v) is 8.92. The second-order valence-electron chi connectivity index (χ2n) is 8.92. The van der Waals surface area contributed by atoms with E-state index in [2.05, 4.69) is 10.3 Å². The summed E-state index contributed by atoms with van der Waals surface area (Å²) in [6.45, 7) is 1.44. The zero-order chi connectivity index (χ0) is 23.6. The highest BCUT2D eigenvalue weighted by molar-refractivity contribution is 6.16. The van der Waals surface area contributed by atoms with Crippen LogP contribution in [0.2, 0.25) is 0 Å². The number of ketones is 2. The molecule has 4 heterocycles. The molecule has 1 fully saturated rings. The van der Waals surface area contributed by atoms with E-state index in [1.165, 1.54) is 31.5 Å². The largest absolute Gasteiger partial charge is 0.352 e. The maximum Gasteiger partial charge on any atom is 0.238 e. The van der Waals surface area contributed by atoms with E-state index in [0.29, 0.717) is 28.1 Å². The van der Waals surface area contributed by atoms with Crippen molar-refractivity contribution in [2.45, 2.75) is 24.4 Å². The van der Waals surface area contributed by atoms with Gasteiger partial charge in [-0.15, -0.1) is 0 Å². The first-order chi connectivity index (χ1) is 16.4. The first-order valence-corrected chi connectivity index (χ1v) is 11.1. The number of carbonyl (C=O) groups is 3. The van der Waals surface area contributed by atoms with Gasteiger partial charge in [-0.25, -0.2) is 4.39 Å². The minimum absolute atomic E-state index is 0.239. The molecule has 1 aromatic heterocycles. The number of pyridine rings is 1. The van der Waals surface area contributed by atoms with Gasteiger partial charge in [0.1, 0.15) is 11.2 Å². The maximum absolute atomic E-state index is 14.1. The molecule has 6 rings (SSSR count). The molecule has 1 N–H and O–H groups in total. The van der Waals surface area contributed by atoms with Gasteiger partial charge < -0.3 is 10.2 Å². The molecule has 168 valence electrons. The number of benzene rings is 2. The van der Waals surface area contributed by atoms with E-state index < -0.39 is 29.2 Å². The summed E-state index contributed by atoms with van der Waals surface area (Å²) < 4.78 is 14.0. The molecule has 3 aromatic rings. The highest BCUT2D eigenvalue weighted by Crippen LogP contribution is 2.57. The Bertz CT molecular complexity index is 1400. The fourth-order valence-electron chi connectivity index (χ4n) is 6.00. The van der Waals surface area contributed by atoms with Crippen LogP contribution in [0.3, 0.4) is 0 Å². The van der Waals surface area contributed by atoms with Gasteiger partial charge in [-0.1, -0.05) is 30.4 Å². The van der Waals surface area contributed by atoms with E-state index in [1.807, 2.05) is 29.2 Å². The molecule has 6 nitrogen and oxygen atoms in total. The molecule has 0 aliphatic carbocycles. The number of nitrogens with one attached hydrogen (secondary N) is 1. The van der Waals surface area contributed by atoms with E-state index in [-0.39, 0.29) is 17.5 Å². The summed E-state index contributed by atoms with van der Waals surface area (Å²) in [5.74, 6) is -2.27. The quantitative estimate of drug-likeness (QED) is 0.611. The molecule has 1 spiro atoms. The number of hydrogen-bond acceptors (Lipinski definition) is 5. The number of aromatic nitrogens is 1. The van der Waals surface area contributed by atoms with Gasteiger partial charge in [-0.2, -0.15) is 0 Å². The first kappa shape index (κ1) is 20.5.